The molecule has 13 heteroatoms. The van der Waals surface area contributed by atoms with Gasteiger partial charge in [-0.25, -0.2) is 14.5 Å². The SMILES string of the molecule is CCc1nn(-c2nc(N)c3ncn([C@@H]4O[C@H](CO)[C@@H](O)[C@H]4O)c3n2)cc1C(=O)O. The Morgan fingerprint density at radius 1 is 1.31 bits per heavy atom. The number of nitrogen functional groups attached to an aromatic ring is 1. The summed E-state index contributed by atoms with van der Waals surface area (Å²) in [5.41, 5.74) is 6.78. The number of carbonyl (C=O) groups is 1. The Kier molecular flexibility index (Phi) is 4.66. The zero-order chi connectivity index (χ0) is 20.9. The van der Waals surface area contributed by atoms with Crippen molar-refractivity contribution in [2.24, 2.45) is 0 Å². The van der Waals surface area contributed by atoms with Crippen LogP contribution in [0.4, 0.5) is 5.82 Å². The third kappa shape index (κ3) is 3.00. The number of carboxylic acids is 1. The second-order valence-electron chi connectivity index (χ2n) is 6.55. The molecule has 13 nitrogen and oxygen atoms in total. The van der Waals surface area contributed by atoms with E-state index in [0.29, 0.717) is 12.1 Å². The molecule has 154 valence electrons. The molecule has 0 saturated carbocycles. The normalized spacial score (nSPS) is 24.4. The van der Waals surface area contributed by atoms with Gasteiger partial charge in [-0.05, 0) is 6.42 Å². The highest BCUT2D eigenvalue weighted by Crippen LogP contribution is 2.32. The number of aliphatic hydroxyl groups is 3. The molecular weight excluding hydrogens is 386 g/mol. The van der Waals surface area contributed by atoms with Gasteiger partial charge < -0.3 is 30.9 Å². The Labute approximate surface area is 163 Å². The molecule has 0 bridgehead atoms. The standard InChI is InChI=1S/C16H19N7O6/c1-2-7-6(15(27)28)3-23(21-7)16-19-12(17)9-13(20-16)22(5-18-9)14-11(26)10(25)8(4-24)29-14/h3,5,8,10-11,14,24-26H,2,4H2,1H3,(H,27,28)(H2,17,19,20)/t8-,10-,11-,14-/m1/s1. The molecule has 29 heavy (non-hydrogen) atoms. The van der Waals surface area contributed by atoms with Gasteiger partial charge in [0.1, 0.15) is 29.4 Å². The molecule has 1 fully saturated rings. The van der Waals surface area contributed by atoms with E-state index in [9.17, 15) is 25.2 Å². The monoisotopic (exact) mass is 405 g/mol. The highest BCUT2D eigenvalue weighted by molar-refractivity contribution is 5.88. The zero-order valence-electron chi connectivity index (χ0n) is 15.2. The van der Waals surface area contributed by atoms with Gasteiger partial charge in [-0.3, -0.25) is 4.57 Å². The van der Waals surface area contributed by atoms with Crippen LogP contribution in [-0.4, -0.2) is 80.6 Å². The third-order valence-corrected chi connectivity index (χ3v) is 4.79. The van der Waals surface area contributed by atoms with Crippen molar-refractivity contribution < 1.29 is 30.0 Å². The fourth-order valence-electron chi connectivity index (χ4n) is 3.28. The molecule has 6 N–H and O–H groups in total. The predicted molar refractivity (Wildman–Crippen MR) is 96.2 cm³/mol. The van der Waals surface area contributed by atoms with Crippen LogP contribution in [0.1, 0.15) is 29.2 Å². The van der Waals surface area contributed by atoms with E-state index < -0.39 is 37.1 Å². The van der Waals surface area contributed by atoms with Crippen LogP contribution < -0.4 is 5.73 Å². The Hall–Kier alpha value is -3.13. The van der Waals surface area contributed by atoms with Crippen LogP contribution in [0.25, 0.3) is 17.1 Å². The van der Waals surface area contributed by atoms with Gasteiger partial charge in [0.2, 0.25) is 0 Å². The zero-order valence-corrected chi connectivity index (χ0v) is 15.2. The lowest BCUT2D eigenvalue weighted by Crippen LogP contribution is -2.33. The van der Waals surface area contributed by atoms with Gasteiger partial charge in [-0.1, -0.05) is 6.92 Å². The fraction of sp³-hybridized carbons (Fsp3) is 0.438. The Morgan fingerprint density at radius 2 is 2.07 bits per heavy atom. The number of aromatic nitrogens is 6. The first-order valence-corrected chi connectivity index (χ1v) is 8.80. The Morgan fingerprint density at radius 3 is 2.66 bits per heavy atom. The molecule has 0 radical (unpaired) electrons. The molecule has 0 aromatic carbocycles. The maximum absolute atomic E-state index is 11.4. The summed E-state index contributed by atoms with van der Waals surface area (Å²) in [4.78, 5) is 24.0. The quantitative estimate of drug-likeness (QED) is 0.330. The molecule has 3 aromatic rings. The minimum atomic E-state index is -1.33. The van der Waals surface area contributed by atoms with Crippen LogP contribution in [-0.2, 0) is 11.2 Å². The van der Waals surface area contributed by atoms with E-state index in [1.807, 2.05) is 0 Å². The number of carboxylic acid groups (broad SMARTS) is 1. The van der Waals surface area contributed by atoms with Crippen molar-refractivity contribution in [1.82, 2.24) is 29.3 Å². The first kappa shape index (κ1) is 19.2. The first-order chi connectivity index (χ1) is 13.8. The van der Waals surface area contributed by atoms with Crippen LogP contribution >= 0.6 is 0 Å². The highest BCUT2D eigenvalue weighted by atomic mass is 16.6. The van der Waals surface area contributed by atoms with Gasteiger partial charge >= 0.3 is 5.97 Å². The van der Waals surface area contributed by atoms with E-state index in [0.717, 1.165) is 0 Å². The maximum Gasteiger partial charge on any atom is 0.339 e. The number of hydrogen-bond acceptors (Lipinski definition) is 10. The minimum absolute atomic E-state index is 0.00527. The number of hydrogen-bond donors (Lipinski definition) is 5. The minimum Gasteiger partial charge on any atom is -0.478 e. The van der Waals surface area contributed by atoms with Gasteiger partial charge in [0.05, 0.1) is 18.6 Å². The van der Waals surface area contributed by atoms with Crippen molar-refractivity contribution >= 4 is 23.0 Å². The summed E-state index contributed by atoms with van der Waals surface area (Å²) in [6, 6.07) is 0. The number of aromatic carboxylic acids is 1. The molecule has 4 heterocycles. The number of anilines is 1. The van der Waals surface area contributed by atoms with Gasteiger partial charge in [-0.2, -0.15) is 15.1 Å². The molecule has 4 atom stereocenters. The van der Waals surface area contributed by atoms with Crippen LogP contribution in [0.5, 0.6) is 0 Å². The van der Waals surface area contributed by atoms with Crippen molar-refractivity contribution in [1.29, 1.82) is 0 Å². The van der Waals surface area contributed by atoms with Gasteiger partial charge in [0, 0.05) is 6.20 Å². The molecule has 1 saturated heterocycles. The number of ether oxygens (including phenoxy) is 1. The van der Waals surface area contributed by atoms with Gasteiger partial charge in [0.15, 0.2) is 17.7 Å². The summed E-state index contributed by atoms with van der Waals surface area (Å²) in [7, 11) is 0. The summed E-state index contributed by atoms with van der Waals surface area (Å²) in [6.45, 7) is 1.29. The lowest BCUT2D eigenvalue weighted by atomic mass is 10.1. The van der Waals surface area contributed by atoms with E-state index in [2.05, 4.69) is 20.1 Å². The summed E-state index contributed by atoms with van der Waals surface area (Å²) in [5.74, 6) is -1.11. The number of aryl methyl sites for hydroxylation is 1. The summed E-state index contributed by atoms with van der Waals surface area (Å²) in [5, 5.41) is 43.1. The number of fused-ring (bicyclic) bond motifs is 1. The lowest BCUT2D eigenvalue weighted by molar-refractivity contribution is -0.0511. The van der Waals surface area contributed by atoms with Crippen molar-refractivity contribution in [2.45, 2.75) is 37.9 Å². The molecule has 1 aliphatic rings. The lowest BCUT2D eigenvalue weighted by Gasteiger charge is -2.16. The Balaban J connectivity index is 1.82. The average Bonchev–Trinajstić information content (AvgIpc) is 3.38. The summed E-state index contributed by atoms with van der Waals surface area (Å²) in [6.07, 6.45) is -1.66. The largest absolute Gasteiger partial charge is 0.478 e. The molecular formula is C16H19N7O6. The van der Waals surface area contributed by atoms with Crippen LogP contribution in [0.15, 0.2) is 12.5 Å². The van der Waals surface area contributed by atoms with Crippen LogP contribution in [0, 0.1) is 0 Å². The number of nitrogens with two attached hydrogens (primary N) is 1. The number of rotatable bonds is 5. The maximum atomic E-state index is 11.4. The molecule has 4 rings (SSSR count). The molecule has 0 aliphatic carbocycles. The summed E-state index contributed by atoms with van der Waals surface area (Å²) < 4.78 is 8.08. The number of nitrogens with zero attached hydrogens (tertiary/aromatic N) is 6. The van der Waals surface area contributed by atoms with E-state index in [1.54, 1.807) is 6.92 Å². The second kappa shape index (κ2) is 7.04. The topological polar surface area (TPSA) is 195 Å². The van der Waals surface area contributed by atoms with Crippen molar-refractivity contribution in [2.75, 3.05) is 12.3 Å². The van der Waals surface area contributed by atoms with Crippen LogP contribution in [0.2, 0.25) is 0 Å². The molecule has 1 aliphatic heterocycles. The first-order valence-electron chi connectivity index (χ1n) is 8.80. The van der Waals surface area contributed by atoms with E-state index >= 15 is 0 Å². The molecule has 0 amide bonds. The van der Waals surface area contributed by atoms with Crippen molar-refractivity contribution in [3.05, 3.63) is 23.8 Å². The van der Waals surface area contributed by atoms with E-state index in [4.69, 9.17) is 10.5 Å². The van der Waals surface area contributed by atoms with Crippen molar-refractivity contribution in [3.63, 3.8) is 0 Å². The molecule has 3 aromatic heterocycles. The predicted octanol–water partition coefficient (Wildman–Crippen LogP) is -1.53. The van der Waals surface area contributed by atoms with E-state index in [1.165, 1.54) is 21.8 Å². The van der Waals surface area contributed by atoms with Gasteiger partial charge in [-0.15, -0.1) is 0 Å². The highest BCUT2D eigenvalue weighted by Gasteiger charge is 2.44. The number of aliphatic hydroxyl groups excluding tert-OH is 3. The molecule has 0 unspecified atom stereocenters. The fourth-order valence-corrected chi connectivity index (χ4v) is 3.28. The Bertz CT molecular complexity index is 1080. The third-order valence-electron chi connectivity index (χ3n) is 4.79. The summed E-state index contributed by atoms with van der Waals surface area (Å²) >= 11 is 0. The molecule has 0 spiro atoms. The smallest absolute Gasteiger partial charge is 0.339 e. The second-order valence-corrected chi connectivity index (χ2v) is 6.55. The van der Waals surface area contributed by atoms with Gasteiger partial charge in [0.25, 0.3) is 5.95 Å². The van der Waals surface area contributed by atoms with Crippen LogP contribution in [0.3, 0.4) is 0 Å². The van der Waals surface area contributed by atoms with Crippen molar-refractivity contribution in [3.8, 4) is 5.95 Å². The van der Waals surface area contributed by atoms with E-state index in [-0.39, 0.29) is 28.5 Å². The average molecular weight is 405 g/mol. The number of imidazole rings is 1.